The Labute approximate surface area is 132 Å². The second kappa shape index (κ2) is 5.51. The highest BCUT2D eigenvalue weighted by atomic mass is 35.5. The van der Waals surface area contributed by atoms with Gasteiger partial charge in [-0.1, -0.05) is 42.3 Å². The standard InChI is InChI=1S/C15H12Cl2N4/c1-2-12-9(6-18)13(10-7-19-21-15(10)20-12)8-4-3-5-11(16)14(8)17/h3-5,7,9,13H,2H2,1H3,(H,19,21). The lowest BCUT2D eigenvalue weighted by Gasteiger charge is -2.27. The van der Waals surface area contributed by atoms with Crippen LogP contribution in [0, 0.1) is 17.2 Å². The second-order valence-electron chi connectivity index (χ2n) is 4.86. The smallest absolute Gasteiger partial charge is 0.151 e. The van der Waals surface area contributed by atoms with Gasteiger partial charge >= 0.3 is 0 Å². The average Bonchev–Trinajstić information content (AvgIpc) is 2.96. The van der Waals surface area contributed by atoms with E-state index < -0.39 is 0 Å². The number of nitrogens with zero attached hydrogens (tertiary/aromatic N) is 3. The van der Waals surface area contributed by atoms with E-state index in [9.17, 15) is 5.26 Å². The lowest BCUT2D eigenvalue weighted by molar-refractivity contribution is 0.707. The molecule has 1 aliphatic heterocycles. The number of H-pyrrole nitrogens is 1. The van der Waals surface area contributed by atoms with E-state index in [0.29, 0.717) is 22.3 Å². The molecule has 3 rings (SSSR count). The van der Waals surface area contributed by atoms with Gasteiger partial charge in [0.2, 0.25) is 0 Å². The van der Waals surface area contributed by atoms with Gasteiger partial charge in [-0.25, -0.2) is 4.99 Å². The first-order valence-corrected chi connectivity index (χ1v) is 7.37. The lowest BCUT2D eigenvalue weighted by atomic mass is 9.77. The Morgan fingerprint density at radius 1 is 1.33 bits per heavy atom. The third-order valence-electron chi connectivity index (χ3n) is 3.75. The first-order valence-electron chi connectivity index (χ1n) is 6.61. The fraction of sp³-hybridized carbons (Fsp3) is 0.267. The number of nitriles is 1. The number of hydrogen-bond donors (Lipinski definition) is 1. The fourth-order valence-electron chi connectivity index (χ4n) is 2.75. The molecule has 0 amide bonds. The van der Waals surface area contributed by atoms with Crippen molar-refractivity contribution in [3.05, 3.63) is 45.6 Å². The average molecular weight is 319 g/mol. The van der Waals surface area contributed by atoms with Gasteiger partial charge in [-0.3, -0.25) is 5.10 Å². The van der Waals surface area contributed by atoms with Gasteiger partial charge in [0.1, 0.15) is 0 Å². The Balaban J connectivity index is 2.23. The van der Waals surface area contributed by atoms with Crippen molar-refractivity contribution in [2.75, 3.05) is 0 Å². The van der Waals surface area contributed by atoms with Gasteiger partial charge < -0.3 is 0 Å². The van der Waals surface area contributed by atoms with Crippen LogP contribution in [-0.2, 0) is 0 Å². The van der Waals surface area contributed by atoms with Crippen LogP contribution in [0.25, 0.3) is 0 Å². The Morgan fingerprint density at radius 3 is 2.86 bits per heavy atom. The van der Waals surface area contributed by atoms with Gasteiger partial charge in [0.05, 0.1) is 28.2 Å². The van der Waals surface area contributed by atoms with Crippen LogP contribution in [0.3, 0.4) is 0 Å². The summed E-state index contributed by atoms with van der Waals surface area (Å²) in [5, 5.41) is 17.5. The molecule has 0 bridgehead atoms. The molecule has 2 heterocycles. The summed E-state index contributed by atoms with van der Waals surface area (Å²) in [6, 6.07) is 7.84. The molecule has 0 aliphatic carbocycles. The van der Waals surface area contributed by atoms with Crippen LogP contribution in [0.4, 0.5) is 5.82 Å². The van der Waals surface area contributed by atoms with Gasteiger partial charge in [-0.05, 0) is 18.1 Å². The normalized spacial score (nSPS) is 20.6. The molecule has 0 saturated carbocycles. The molecule has 2 unspecified atom stereocenters. The maximum absolute atomic E-state index is 9.61. The van der Waals surface area contributed by atoms with Crippen molar-refractivity contribution in [3.63, 3.8) is 0 Å². The van der Waals surface area contributed by atoms with Crippen molar-refractivity contribution in [3.8, 4) is 6.07 Å². The van der Waals surface area contributed by atoms with E-state index in [1.807, 2.05) is 19.1 Å². The molecule has 0 radical (unpaired) electrons. The van der Waals surface area contributed by atoms with E-state index in [1.54, 1.807) is 12.3 Å². The number of nitrogens with one attached hydrogen (secondary N) is 1. The van der Waals surface area contributed by atoms with Gasteiger partial charge in [-0.15, -0.1) is 0 Å². The van der Waals surface area contributed by atoms with Gasteiger partial charge in [-0.2, -0.15) is 10.4 Å². The molecule has 21 heavy (non-hydrogen) atoms. The van der Waals surface area contributed by atoms with Crippen LogP contribution < -0.4 is 0 Å². The van der Waals surface area contributed by atoms with Crippen molar-refractivity contribution in [2.45, 2.75) is 19.3 Å². The molecule has 0 spiro atoms. The number of aromatic amines is 1. The third kappa shape index (κ3) is 2.23. The molecule has 1 aliphatic rings. The molecule has 2 aromatic rings. The summed E-state index contributed by atoms with van der Waals surface area (Å²) in [5.74, 6) is 0.123. The number of hydrogen-bond acceptors (Lipinski definition) is 3. The molecule has 0 saturated heterocycles. The summed E-state index contributed by atoms with van der Waals surface area (Å²) in [6.07, 6.45) is 2.41. The number of fused-ring (bicyclic) bond motifs is 1. The van der Waals surface area contributed by atoms with Crippen molar-refractivity contribution >= 4 is 34.7 Å². The zero-order valence-corrected chi connectivity index (χ0v) is 12.8. The SMILES string of the molecule is CCC1=Nc2[nH]ncc2C(c2cccc(Cl)c2Cl)C1C#N. The monoisotopic (exact) mass is 318 g/mol. The van der Waals surface area contributed by atoms with E-state index in [4.69, 9.17) is 23.2 Å². The van der Waals surface area contributed by atoms with Crippen LogP contribution in [0.5, 0.6) is 0 Å². The zero-order chi connectivity index (χ0) is 15.0. The summed E-state index contributed by atoms with van der Waals surface area (Å²) in [4.78, 5) is 4.50. The minimum atomic E-state index is -0.365. The Hall–Kier alpha value is -1.83. The highest BCUT2D eigenvalue weighted by molar-refractivity contribution is 6.42. The molecule has 1 N–H and O–H groups in total. The van der Waals surface area contributed by atoms with E-state index in [0.717, 1.165) is 16.8 Å². The van der Waals surface area contributed by atoms with Crippen molar-refractivity contribution in [1.82, 2.24) is 10.2 Å². The maximum atomic E-state index is 9.61. The lowest BCUT2D eigenvalue weighted by Crippen LogP contribution is -2.24. The molecule has 1 aromatic heterocycles. The van der Waals surface area contributed by atoms with Gasteiger partial charge in [0.15, 0.2) is 5.82 Å². The molecule has 2 atom stereocenters. The first kappa shape index (κ1) is 14.1. The summed E-state index contributed by atoms with van der Waals surface area (Å²) in [5.41, 5.74) is 2.54. The highest BCUT2D eigenvalue weighted by Gasteiger charge is 2.36. The van der Waals surface area contributed by atoms with E-state index in [1.165, 1.54) is 0 Å². The minimum absolute atomic E-state index is 0.206. The van der Waals surface area contributed by atoms with Crippen molar-refractivity contribution in [1.29, 1.82) is 5.26 Å². The van der Waals surface area contributed by atoms with Crippen molar-refractivity contribution in [2.24, 2.45) is 10.9 Å². The minimum Gasteiger partial charge on any atom is -0.261 e. The predicted molar refractivity (Wildman–Crippen MR) is 83.4 cm³/mol. The molecule has 106 valence electrons. The molecule has 4 nitrogen and oxygen atoms in total. The number of rotatable bonds is 2. The molecular weight excluding hydrogens is 307 g/mol. The van der Waals surface area contributed by atoms with Crippen LogP contribution in [0.15, 0.2) is 29.4 Å². The highest BCUT2D eigenvalue weighted by Crippen LogP contribution is 2.45. The van der Waals surface area contributed by atoms with Crippen LogP contribution in [0.1, 0.15) is 30.4 Å². The van der Waals surface area contributed by atoms with Crippen LogP contribution >= 0.6 is 23.2 Å². The van der Waals surface area contributed by atoms with Gasteiger partial charge in [0.25, 0.3) is 0 Å². The Morgan fingerprint density at radius 2 is 2.14 bits per heavy atom. The number of halogens is 2. The topological polar surface area (TPSA) is 64.8 Å². The quantitative estimate of drug-likeness (QED) is 0.886. The predicted octanol–water partition coefficient (Wildman–Crippen LogP) is 4.48. The Bertz CT molecular complexity index is 757. The first-order chi connectivity index (χ1) is 10.2. The van der Waals surface area contributed by atoms with E-state index >= 15 is 0 Å². The Kier molecular flexibility index (Phi) is 3.71. The molecule has 6 heteroatoms. The van der Waals surface area contributed by atoms with E-state index in [-0.39, 0.29) is 11.8 Å². The van der Waals surface area contributed by atoms with Gasteiger partial charge in [0, 0.05) is 17.2 Å². The largest absolute Gasteiger partial charge is 0.261 e. The summed E-state index contributed by atoms with van der Waals surface area (Å²) >= 11 is 12.5. The third-order valence-corrected chi connectivity index (χ3v) is 4.58. The maximum Gasteiger partial charge on any atom is 0.151 e. The molecule has 1 aromatic carbocycles. The van der Waals surface area contributed by atoms with Crippen LogP contribution in [0.2, 0.25) is 10.0 Å². The van der Waals surface area contributed by atoms with Crippen LogP contribution in [-0.4, -0.2) is 15.9 Å². The number of aromatic nitrogens is 2. The van der Waals surface area contributed by atoms with Crippen molar-refractivity contribution < 1.29 is 0 Å². The molecule has 0 fully saturated rings. The summed E-state index contributed by atoms with van der Waals surface area (Å²) in [6.45, 7) is 1.99. The summed E-state index contributed by atoms with van der Waals surface area (Å²) in [7, 11) is 0. The number of aliphatic imine (C=N–C) groups is 1. The summed E-state index contributed by atoms with van der Waals surface area (Å²) < 4.78 is 0. The molecular formula is C15H12Cl2N4. The second-order valence-corrected chi connectivity index (χ2v) is 5.64. The van der Waals surface area contributed by atoms with E-state index in [2.05, 4.69) is 21.3 Å². The number of benzene rings is 1. The fourth-order valence-corrected chi connectivity index (χ4v) is 3.17. The zero-order valence-electron chi connectivity index (χ0n) is 11.3.